The second kappa shape index (κ2) is 6.52. The summed E-state index contributed by atoms with van der Waals surface area (Å²) >= 11 is 2.99. The summed E-state index contributed by atoms with van der Waals surface area (Å²) in [5, 5.41) is 13.4. The molecule has 0 saturated heterocycles. The van der Waals surface area contributed by atoms with Crippen LogP contribution < -0.4 is 5.32 Å². The molecule has 0 radical (unpaired) electrons. The molecular formula is C13H15N3O3S2. The highest BCUT2D eigenvalue weighted by molar-refractivity contribution is 7.21. The van der Waals surface area contributed by atoms with Gasteiger partial charge in [0.05, 0.1) is 23.6 Å². The summed E-state index contributed by atoms with van der Waals surface area (Å²) in [6.45, 7) is 1.46. The topological polar surface area (TPSA) is 75.9 Å². The van der Waals surface area contributed by atoms with E-state index < -0.39 is 0 Å². The Morgan fingerprint density at radius 2 is 2.38 bits per heavy atom. The molecule has 3 rings (SSSR count). The third kappa shape index (κ3) is 3.08. The summed E-state index contributed by atoms with van der Waals surface area (Å²) in [5.74, 6) is -0.0795. The number of nitrogens with one attached hydrogen (secondary N) is 1. The van der Waals surface area contributed by atoms with E-state index in [0.717, 1.165) is 21.7 Å². The number of thiophene rings is 1. The number of hydrogen-bond acceptors (Lipinski definition) is 6. The molecule has 0 bridgehead atoms. The lowest BCUT2D eigenvalue weighted by atomic mass is 10.4. The monoisotopic (exact) mass is 325 g/mol. The van der Waals surface area contributed by atoms with Gasteiger partial charge < -0.3 is 15.2 Å². The minimum atomic E-state index is -0.0795. The number of hydrogen-bond donors (Lipinski definition) is 2. The smallest absolute Gasteiger partial charge is 0.261 e. The van der Waals surface area contributed by atoms with Gasteiger partial charge >= 0.3 is 0 Å². The number of aromatic nitrogens is 2. The van der Waals surface area contributed by atoms with Gasteiger partial charge in [0.15, 0.2) is 4.96 Å². The fourth-order valence-corrected chi connectivity index (χ4v) is 3.71. The molecule has 3 aromatic heterocycles. The van der Waals surface area contributed by atoms with Crippen LogP contribution in [0.2, 0.25) is 0 Å². The number of carbonyl (C=O) groups is 1. The standard InChI is InChI=1S/C13H15N3O3S2/c17-4-6-19-5-1-2-14-11(18)10-8-9-12(21-10)15-13-16(9)3-7-20-13/h3,7-8,17H,1-2,4-6H2,(H,14,18). The number of nitrogens with zero attached hydrogens (tertiary/aromatic N) is 2. The average molecular weight is 325 g/mol. The lowest BCUT2D eigenvalue weighted by Gasteiger charge is -2.04. The van der Waals surface area contributed by atoms with Crippen LogP contribution >= 0.6 is 22.7 Å². The van der Waals surface area contributed by atoms with Gasteiger partial charge in [-0.2, -0.15) is 0 Å². The van der Waals surface area contributed by atoms with Crippen LogP contribution in [0.4, 0.5) is 0 Å². The van der Waals surface area contributed by atoms with Gasteiger partial charge in [-0.05, 0) is 12.5 Å². The molecule has 2 N–H and O–H groups in total. The number of thiazole rings is 1. The minimum absolute atomic E-state index is 0.0266. The number of amides is 1. The maximum Gasteiger partial charge on any atom is 0.261 e. The molecule has 0 spiro atoms. The van der Waals surface area contributed by atoms with Crippen LogP contribution in [0, 0.1) is 0 Å². The molecule has 0 aliphatic carbocycles. The lowest BCUT2D eigenvalue weighted by molar-refractivity contribution is 0.0869. The Labute approximate surface area is 129 Å². The van der Waals surface area contributed by atoms with Gasteiger partial charge in [-0.3, -0.25) is 9.20 Å². The van der Waals surface area contributed by atoms with E-state index >= 15 is 0 Å². The highest BCUT2D eigenvalue weighted by atomic mass is 32.1. The molecule has 0 fully saturated rings. The van der Waals surface area contributed by atoms with E-state index in [4.69, 9.17) is 9.84 Å². The Morgan fingerprint density at radius 3 is 3.24 bits per heavy atom. The number of aliphatic hydroxyl groups excluding tert-OH is 1. The zero-order valence-electron chi connectivity index (χ0n) is 11.2. The normalized spacial score (nSPS) is 11.5. The molecule has 112 valence electrons. The quantitative estimate of drug-likeness (QED) is 0.649. The molecule has 21 heavy (non-hydrogen) atoms. The van der Waals surface area contributed by atoms with Crippen LogP contribution in [0.25, 0.3) is 15.3 Å². The first-order chi connectivity index (χ1) is 10.3. The van der Waals surface area contributed by atoms with Crippen LogP contribution in [0.1, 0.15) is 16.1 Å². The highest BCUT2D eigenvalue weighted by Gasteiger charge is 2.14. The first-order valence-electron chi connectivity index (χ1n) is 6.61. The van der Waals surface area contributed by atoms with Gasteiger partial charge in [0.1, 0.15) is 4.83 Å². The molecule has 3 aromatic rings. The summed E-state index contributed by atoms with van der Waals surface area (Å²) in [7, 11) is 0. The van der Waals surface area contributed by atoms with E-state index in [1.54, 1.807) is 11.3 Å². The van der Waals surface area contributed by atoms with Gasteiger partial charge in [0, 0.05) is 24.7 Å². The first kappa shape index (κ1) is 14.5. The predicted octanol–water partition coefficient (Wildman–Crippen LogP) is 1.74. The zero-order chi connectivity index (χ0) is 14.7. The number of imidazole rings is 1. The second-order valence-electron chi connectivity index (χ2n) is 4.41. The molecule has 3 heterocycles. The van der Waals surface area contributed by atoms with Crippen molar-refractivity contribution in [2.75, 3.05) is 26.4 Å². The Hall–Kier alpha value is -1.48. The number of ether oxygens (including phenoxy) is 1. The predicted molar refractivity (Wildman–Crippen MR) is 83.3 cm³/mol. The molecule has 0 aromatic carbocycles. The fourth-order valence-electron chi connectivity index (χ4n) is 1.99. The number of carbonyl (C=O) groups excluding carboxylic acids is 1. The number of fused-ring (bicyclic) bond motifs is 3. The van der Waals surface area contributed by atoms with Gasteiger partial charge in [0.25, 0.3) is 5.91 Å². The fraction of sp³-hybridized carbons (Fsp3) is 0.385. The third-order valence-corrected chi connectivity index (χ3v) is 4.72. The largest absolute Gasteiger partial charge is 0.394 e. The maximum atomic E-state index is 12.1. The molecule has 1 amide bonds. The van der Waals surface area contributed by atoms with Crippen molar-refractivity contribution >= 4 is 43.9 Å². The summed E-state index contributed by atoms with van der Waals surface area (Å²) in [6.07, 6.45) is 2.69. The third-order valence-electron chi connectivity index (χ3n) is 2.95. The average Bonchev–Trinajstić information content (AvgIpc) is 3.13. The van der Waals surface area contributed by atoms with Crippen molar-refractivity contribution in [2.45, 2.75) is 6.42 Å². The van der Waals surface area contributed by atoms with E-state index in [-0.39, 0.29) is 12.5 Å². The van der Waals surface area contributed by atoms with Crippen molar-refractivity contribution in [1.82, 2.24) is 14.7 Å². The summed E-state index contributed by atoms with van der Waals surface area (Å²) in [4.78, 5) is 19.1. The van der Waals surface area contributed by atoms with Crippen LogP contribution in [0.15, 0.2) is 17.6 Å². The Morgan fingerprint density at radius 1 is 1.48 bits per heavy atom. The van der Waals surface area contributed by atoms with Crippen LogP contribution in [0.3, 0.4) is 0 Å². The van der Waals surface area contributed by atoms with E-state index in [9.17, 15) is 4.79 Å². The van der Waals surface area contributed by atoms with Crippen molar-refractivity contribution in [3.63, 3.8) is 0 Å². The molecule has 6 nitrogen and oxygen atoms in total. The van der Waals surface area contributed by atoms with E-state index in [1.807, 2.05) is 22.0 Å². The van der Waals surface area contributed by atoms with Crippen molar-refractivity contribution in [1.29, 1.82) is 0 Å². The molecule has 0 unspecified atom stereocenters. The van der Waals surface area contributed by atoms with Crippen molar-refractivity contribution in [3.8, 4) is 0 Å². The van der Waals surface area contributed by atoms with Crippen molar-refractivity contribution in [2.24, 2.45) is 0 Å². The molecule has 0 aliphatic rings. The van der Waals surface area contributed by atoms with Gasteiger partial charge in [0.2, 0.25) is 0 Å². The van der Waals surface area contributed by atoms with Crippen LogP contribution in [-0.2, 0) is 4.74 Å². The van der Waals surface area contributed by atoms with Gasteiger partial charge in [-0.1, -0.05) is 0 Å². The number of rotatable bonds is 7. The number of aliphatic hydroxyl groups is 1. The molecule has 0 aliphatic heterocycles. The van der Waals surface area contributed by atoms with Crippen LogP contribution in [0.5, 0.6) is 0 Å². The van der Waals surface area contributed by atoms with E-state index in [0.29, 0.717) is 24.6 Å². The molecular weight excluding hydrogens is 310 g/mol. The summed E-state index contributed by atoms with van der Waals surface area (Å²) in [6, 6.07) is 1.88. The van der Waals surface area contributed by atoms with E-state index in [1.165, 1.54) is 11.3 Å². The maximum absolute atomic E-state index is 12.1. The van der Waals surface area contributed by atoms with Crippen LogP contribution in [-0.4, -0.2) is 46.8 Å². The Bertz CT molecular complexity index is 746. The SMILES string of the molecule is O=C(NCCCOCCO)c1cc2c(nc3sccn32)s1. The van der Waals surface area contributed by atoms with Gasteiger partial charge in [-0.15, -0.1) is 22.7 Å². The molecule has 0 atom stereocenters. The second-order valence-corrected chi connectivity index (χ2v) is 6.32. The van der Waals surface area contributed by atoms with Crippen molar-refractivity contribution in [3.05, 3.63) is 22.5 Å². The van der Waals surface area contributed by atoms with Crippen molar-refractivity contribution < 1.29 is 14.6 Å². The Balaban J connectivity index is 1.58. The lowest BCUT2D eigenvalue weighted by Crippen LogP contribution is -2.24. The molecule has 8 heteroatoms. The highest BCUT2D eigenvalue weighted by Crippen LogP contribution is 2.28. The molecule has 0 saturated carbocycles. The first-order valence-corrected chi connectivity index (χ1v) is 8.31. The summed E-state index contributed by atoms with van der Waals surface area (Å²) < 4.78 is 7.13. The minimum Gasteiger partial charge on any atom is -0.394 e. The summed E-state index contributed by atoms with van der Waals surface area (Å²) in [5.41, 5.74) is 0.979. The zero-order valence-corrected chi connectivity index (χ0v) is 12.9. The Kier molecular flexibility index (Phi) is 4.49. The van der Waals surface area contributed by atoms with E-state index in [2.05, 4.69) is 10.3 Å². The van der Waals surface area contributed by atoms with Gasteiger partial charge in [-0.25, -0.2) is 4.98 Å².